The molecule has 1 saturated heterocycles. The lowest BCUT2D eigenvalue weighted by Gasteiger charge is -2.21. The summed E-state index contributed by atoms with van der Waals surface area (Å²) in [7, 11) is 1.91. The highest BCUT2D eigenvalue weighted by Crippen LogP contribution is 2.15. The third-order valence-electron chi connectivity index (χ3n) is 2.66. The Morgan fingerprint density at radius 1 is 1.64 bits per heavy atom. The number of nitrogens with zero attached hydrogens (tertiary/aromatic N) is 3. The SMILES string of the molecule is CC1CC/C(=C/c2ncnn2C)CN1. The highest BCUT2D eigenvalue weighted by atomic mass is 15.3. The predicted octanol–water partition coefficient (Wildman–Crippen LogP) is 0.970. The van der Waals surface area contributed by atoms with E-state index in [9.17, 15) is 0 Å². The minimum absolute atomic E-state index is 0.645. The van der Waals surface area contributed by atoms with Gasteiger partial charge in [-0.05, 0) is 25.8 Å². The van der Waals surface area contributed by atoms with E-state index in [0.29, 0.717) is 6.04 Å². The molecule has 76 valence electrons. The van der Waals surface area contributed by atoms with Crippen LogP contribution in [0.1, 0.15) is 25.6 Å². The summed E-state index contributed by atoms with van der Waals surface area (Å²) in [5, 5.41) is 7.48. The van der Waals surface area contributed by atoms with Gasteiger partial charge in [0.15, 0.2) is 0 Å². The molecule has 4 nitrogen and oxygen atoms in total. The smallest absolute Gasteiger partial charge is 0.150 e. The first-order chi connectivity index (χ1) is 6.75. The van der Waals surface area contributed by atoms with Crippen LogP contribution < -0.4 is 5.32 Å². The third kappa shape index (κ3) is 2.01. The minimum atomic E-state index is 0.645. The molecule has 1 atom stereocenters. The number of hydrogen-bond donors (Lipinski definition) is 1. The zero-order chi connectivity index (χ0) is 9.97. The summed E-state index contributed by atoms with van der Waals surface area (Å²) in [5.41, 5.74) is 1.42. The van der Waals surface area contributed by atoms with Crippen LogP contribution in [0.3, 0.4) is 0 Å². The molecule has 1 aromatic heterocycles. The highest BCUT2D eigenvalue weighted by Gasteiger charge is 2.11. The second-order valence-corrected chi connectivity index (χ2v) is 3.87. The molecule has 0 saturated carbocycles. The van der Waals surface area contributed by atoms with Crippen molar-refractivity contribution in [3.05, 3.63) is 17.7 Å². The van der Waals surface area contributed by atoms with Gasteiger partial charge in [0.05, 0.1) is 0 Å². The number of piperidine rings is 1. The maximum Gasteiger partial charge on any atom is 0.150 e. The highest BCUT2D eigenvalue weighted by molar-refractivity contribution is 5.46. The molecule has 0 radical (unpaired) electrons. The van der Waals surface area contributed by atoms with Gasteiger partial charge in [-0.2, -0.15) is 5.10 Å². The lowest BCUT2D eigenvalue weighted by Crippen LogP contribution is -2.32. The second kappa shape index (κ2) is 3.92. The molecule has 2 rings (SSSR count). The second-order valence-electron chi connectivity index (χ2n) is 3.87. The van der Waals surface area contributed by atoms with Crippen LogP contribution in [0.15, 0.2) is 11.9 Å². The minimum Gasteiger partial charge on any atom is -0.311 e. The Hall–Kier alpha value is -1.16. The van der Waals surface area contributed by atoms with E-state index in [1.165, 1.54) is 18.4 Å². The lowest BCUT2D eigenvalue weighted by molar-refractivity contribution is 0.488. The van der Waals surface area contributed by atoms with Crippen LogP contribution in [0, 0.1) is 0 Å². The van der Waals surface area contributed by atoms with Crippen molar-refractivity contribution in [1.82, 2.24) is 20.1 Å². The van der Waals surface area contributed by atoms with Crippen molar-refractivity contribution in [2.75, 3.05) is 6.54 Å². The van der Waals surface area contributed by atoms with Gasteiger partial charge in [-0.3, -0.25) is 0 Å². The molecule has 4 heteroatoms. The van der Waals surface area contributed by atoms with Gasteiger partial charge in [-0.15, -0.1) is 0 Å². The number of aryl methyl sites for hydroxylation is 1. The van der Waals surface area contributed by atoms with Crippen molar-refractivity contribution in [3.8, 4) is 0 Å². The Morgan fingerprint density at radius 3 is 3.07 bits per heavy atom. The van der Waals surface area contributed by atoms with Gasteiger partial charge in [0.25, 0.3) is 0 Å². The fourth-order valence-electron chi connectivity index (χ4n) is 1.64. The van der Waals surface area contributed by atoms with Gasteiger partial charge in [-0.25, -0.2) is 9.67 Å². The van der Waals surface area contributed by atoms with Crippen molar-refractivity contribution in [2.45, 2.75) is 25.8 Å². The molecule has 0 aliphatic carbocycles. The molecule has 1 unspecified atom stereocenters. The Bertz CT molecular complexity index is 330. The molecular formula is C10H16N4. The topological polar surface area (TPSA) is 42.7 Å². The molecule has 1 fully saturated rings. The van der Waals surface area contributed by atoms with E-state index in [4.69, 9.17) is 0 Å². The summed E-state index contributed by atoms with van der Waals surface area (Å²) in [5.74, 6) is 0.941. The number of nitrogens with one attached hydrogen (secondary N) is 1. The molecule has 1 aliphatic rings. The quantitative estimate of drug-likeness (QED) is 0.721. The van der Waals surface area contributed by atoms with Crippen molar-refractivity contribution in [2.24, 2.45) is 7.05 Å². The third-order valence-corrected chi connectivity index (χ3v) is 2.66. The Kier molecular flexibility index (Phi) is 2.63. The number of rotatable bonds is 1. The van der Waals surface area contributed by atoms with E-state index in [-0.39, 0.29) is 0 Å². The van der Waals surface area contributed by atoms with Crippen molar-refractivity contribution < 1.29 is 0 Å². The fourth-order valence-corrected chi connectivity index (χ4v) is 1.64. The predicted molar refractivity (Wildman–Crippen MR) is 55.7 cm³/mol. The monoisotopic (exact) mass is 192 g/mol. The average Bonchev–Trinajstić information content (AvgIpc) is 2.56. The average molecular weight is 192 g/mol. The van der Waals surface area contributed by atoms with E-state index in [2.05, 4.69) is 28.4 Å². The normalized spacial score (nSPS) is 25.6. The summed E-state index contributed by atoms with van der Waals surface area (Å²) in [6.07, 6.45) is 6.10. The maximum atomic E-state index is 4.18. The first-order valence-corrected chi connectivity index (χ1v) is 5.02. The molecule has 0 aromatic carbocycles. The van der Waals surface area contributed by atoms with Gasteiger partial charge in [0, 0.05) is 19.6 Å². The molecule has 1 N–H and O–H groups in total. The fraction of sp³-hybridized carbons (Fsp3) is 0.600. The zero-order valence-electron chi connectivity index (χ0n) is 8.70. The van der Waals surface area contributed by atoms with E-state index < -0.39 is 0 Å². The van der Waals surface area contributed by atoms with Crippen LogP contribution in [-0.4, -0.2) is 27.4 Å². The van der Waals surface area contributed by atoms with E-state index in [1.54, 1.807) is 11.0 Å². The summed E-state index contributed by atoms with van der Waals surface area (Å²) in [4.78, 5) is 4.18. The van der Waals surface area contributed by atoms with Crippen LogP contribution in [0.2, 0.25) is 0 Å². The Morgan fingerprint density at radius 2 is 2.50 bits per heavy atom. The van der Waals surface area contributed by atoms with Gasteiger partial charge >= 0.3 is 0 Å². The van der Waals surface area contributed by atoms with Crippen LogP contribution in [-0.2, 0) is 7.05 Å². The van der Waals surface area contributed by atoms with Crippen LogP contribution in [0.5, 0.6) is 0 Å². The van der Waals surface area contributed by atoms with Crippen LogP contribution in [0.4, 0.5) is 0 Å². The molecule has 2 heterocycles. The van der Waals surface area contributed by atoms with Crippen LogP contribution in [0.25, 0.3) is 6.08 Å². The summed E-state index contributed by atoms with van der Waals surface area (Å²) in [6, 6.07) is 0.645. The van der Waals surface area contributed by atoms with Gasteiger partial charge in [0.2, 0.25) is 0 Å². The maximum absolute atomic E-state index is 4.18. The standard InChI is InChI=1S/C10H16N4/c1-8-3-4-9(6-11-8)5-10-12-7-13-14(10)2/h5,7-8,11H,3-4,6H2,1-2H3/b9-5-. The lowest BCUT2D eigenvalue weighted by atomic mass is 10.0. The molecule has 0 spiro atoms. The molecule has 1 aliphatic heterocycles. The summed E-state index contributed by atoms with van der Waals surface area (Å²) >= 11 is 0. The van der Waals surface area contributed by atoms with Gasteiger partial charge in [-0.1, -0.05) is 5.57 Å². The van der Waals surface area contributed by atoms with Crippen molar-refractivity contribution >= 4 is 6.08 Å². The van der Waals surface area contributed by atoms with E-state index in [0.717, 1.165) is 12.4 Å². The van der Waals surface area contributed by atoms with Crippen molar-refractivity contribution in [1.29, 1.82) is 0 Å². The molecular weight excluding hydrogens is 176 g/mol. The van der Waals surface area contributed by atoms with Gasteiger partial charge < -0.3 is 5.32 Å². The summed E-state index contributed by atoms with van der Waals surface area (Å²) in [6.45, 7) is 3.20. The molecule has 0 bridgehead atoms. The van der Waals surface area contributed by atoms with E-state index in [1.807, 2.05) is 7.05 Å². The molecule has 0 amide bonds. The Labute approximate surface area is 84.0 Å². The van der Waals surface area contributed by atoms with Crippen LogP contribution >= 0.6 is 0 Å². The number of aromatic nitrogens is 3. The molecule has 1 aromatic rings. The largest absolute Gasteiger partial charge is 0.311 e. The summed E-state index contributed by atoms with van der Waals surface area (Å²) < 4.78 is 1.80. The first-order valence-electron chi connectivity index (χ1n) is 5.02. The molecule has 14 heavy (non-hydrogen) atoms. The Balaban J connectivity index is 2.08. The van der Waals surface area contributed by atoms with Gasteiger partial charge in [0.1, 0.15) is 12.2 Å². The number of hydrogen-bond acceptors (Lipinski definition) is 3. The first kappa shape index (κ1) is 9.40. The van der Waals surface area contributed by atoms with E-state index >= 15 is 0 Å². The van der Waals surface area contributed by atoms with Crippen molar-refractivity contribution in [3.63, 3.8) is 0 Å². The zero-order valence-corrected chi connectivity index (χ0v) is 8.70.